The first-order valence-corrected chi connectivity index (χ1v) is 6.21. The molecule has 19 heavy (non-hydrogen) atoms. The molecule has 0 spiro atoms. The Kier molecular flexibility index (Phi) is 3.86. The van der Waals surface area contributed by atoms with Gasteiger partial charge < -0.3 is 10.2 Å². The molecule has 1 aliphatic rings. The van der Waals surface area contributed by atoms with Crippen molar-refractivity contribution in [3.63, 3.8) is 0 Å². The van der Waals surface area contributed by atoms with E-state index in [4.69, 9.17) is 6.42 Å². The monoisotopic (exact) mass is 256 g/mol. The summed E-state index contributed by atoms with van der Waals surface area (Å²) >= 11 is 0. The van der Waals surface area contributed by atoms with Crippen LogP contribution in [0.15, 0.2) is 30.3 Å². The molecule has 1 N–H and O–H groups in total. The topological polar surface area (TPSA) is 49.4 Å². The molecule has 1 aromatic carbocycles. The van der Waals surface area contributed by atoms with Crippen LogP contribution in [0.3, 0.4) is 0 Å². The SMILES string of the molecule is C#CCN1C(=O)C(Cc2ccccc2)NC(=O)C1C. The number of carbonyl (C=O) groups is 2. The molecule has 1 aromatic rings. The number of rotatable bonds is 3. The summed E-state index contributed by atoms with van der Waals surface area (Å²) in [4.78, 5) is 25.6. The molecule has 1 saturated heterocycles. The van der Waals surface area contributed by atoms with E-state index in [-0.39, 0.29) is 18.4 Å². The summed E-state index contributed by atoms with van der Waals surface area (Å²) in [6, 6.07) is 8.57. The van der Waals surface area contributed by atoms with Gasteiger partial charge in [0.1, 0.15) is 12.1 Å². The van der Waals surface area contributed by atoms with Crippen LogP contribution >= 0.6 is 0 Å². The van der Waals surface area contributed by atoms with Gasteiger partial charge in [-0.15, -0.1) is 6.42 Å². The maximum absolute atomic E-state index is 12.3. The highest BCUT2D eigenvalue weighted by molar-refractivity contribution is 5.97. The number of terminal acetylenes is 1. The van der Waals surface area contributed by atoms with E-state index >= 15 is 0 Å². The van der Waals surface area contributed by atoms with Crippen LogP contribution in [0.2, 0.25) is 0 Å². The van der Waals surface area contributed by atoms with Gasteiger partial charge in [-0.3, -0.25) is 9.59 Å². The van der Waals surface area contributed by atoms with Crippen LogP contribution < -0.4 is 5.32 Å². The Labute approximate surface area is 112 Å². The number of nitrogens with one attached hydrogen (secondary N) is 1. The molecular weight excluding hydrogens is 240 g/mol. The van der Waals surface area contributed by atoms with E-state index in [1.807, 2.05) is 30.3 Å². The lowest BCUT2D eigenvalue weighted by atomic mass is 10.0. The lowest BCUT2D eigenvalue weighted by Gasteiger charge is -2.36. The van der Waals surface area contributed by atoms with Crippen molar-refractivity contribution in [3.05, 3.63) is 35.9 Å². The highest BCUT2D eigenvalue weighted by atomic mass is 16.2. The molecule has 2 atom stereocenters. The number of hydrogen-bond donors (Lipinski definition) is 1. The average molecular weight is 256 g/mol. The van der Waals surface area contributed by atoms with E-state index in [0.29, 0.717) is 6.42 Å². The molecule has 4 heteroatoms. The Morgan fingerprint density at radius 1 is 1.32 bits per heavy atom. The van der Waals surface area contributed by atoms with Gasteiger partial charge in [-0.2, -0.15) is 0 Å². The summed E-state index contributed by atoms with van der Waals surface area (Å²) in [7, 11) is 0. The normalized spacial score (nSPS) is 22.8. The zero-order valence-electron chi connectivity index (χ0n) is 10.8. The van der Waals surface area contributed by atoms with Crippen molar-refractivity contribution in [2.24, 2.45) is 0 Å². The standard InChI is InChI=1S/C15H16N2O2/c1-3-9-17-11(2)14(18)16-13(15(17)19)10-12-7-5-4-6-8-12/h1,4-8,11,13H,9-10H2,2H3,(H,16,18). The van der Waals surface area contributed by atoms with Gasteiger partial charge in [0.25, 0.3) is 0 Å². The fourth-order valence-corrected chi connectivity index (χ4v) is 2.19. The van der Waals surface area contributed by atoms with Gasteiger partial charge in [0.05, 0.1) is 6.54 Å². The van der Waals surface area contributed by atoms with E-state index in [0.717, 1.165) is 5.56 Å². The van der Waals surface area contributed by atoms with Gasteiger partial charge >= 0.3 is 0 Å². The molecule has 1 aliphatic heterocycles. The Morgan fingerprint density at radius 2 is 2.00 bits per heavy atom. The van der Waals surface area contributed by atoms with E-state index in [9.17, 15) is 9.59 Å². The summed E-state index contributed by atoms with van der Waals surface area (Å²) < 4.78 is 0. The molecule has 0 aliphatic carbocycles. The lowest BCUT2D eigenvalue weighted by molar-refractivity contribution is -0.147. The Morgan fingerprint density at radius 3 is 2.63 bits per heavy atom. The zero-order chi connectivity index (χ0) is 13.8. The molecule has 1 heterocycles. The third-order valence-corrected chi connectivity index (χ3v) is 3.29. The second kappa shape index (κ2) is 5.57. The van der Waals surface area contributed by atoms with E-state index in [1.54, 1.807) is 6.92 Å². The van der Waals surface area contributed by atoms with Gasteiger partial charge in [0.2, 0.25) is 11.8 Å². The first-order valence-electron chi connectivity index (χ1n) is 6.21. The van der Waals surface area contributed by atoms with Crippen LogP contribution in [0.25, 0.3) is 0 Å². The number of hydrogen-bond acceptors (Lipinski definition) is 2. The van der Waals surface area contributed by atoms with Gasteiger partial charge in [-0.05, 0) is 12.5 Å². The van der Waals surface area contributed by atoms with Crippen LogP contribution in [0, 0.1) is 12.3 Å². The number of carbonyl (C=O) groups excluding carboxylic acids is 2. The molecule has 2 rings (SSSR count). The average Bonchev–Trinajstić information content (AvgIpc) is 2.42. The summed E-state index contributed by atoms with van der Waals surface area (Å²) in [5.74, 6) is 2.15. The minimum Gasteiger partial charge on any atom is -0.342 e. The van der Waals surface area contributed by atoms with Crippen LogP contribution in [-0.2, 0) is 16.0 Å². The third-order valence-electron chi connectivity index (χ3n) is 3.29. The lowest BCUT2D eigenvalue weighted by Crippen LogP contribution is -2.62. The summed E-state index contributed by atoms with van der Waals surface area (Å²) in [6.45, 7) is 1.85. The molecule has 2 amide bonds. The third kappa shape index (κ3) is 2.76. The van der Waals surface area contributed by atoms with E-state index < -0.39 is 12.1 Å². The van der Waals surface area contributed by atoms with E-state index in [2.05, 4.69) is 11.2 Å². The van der Waals surface area contributed by atoms with Crippen molar-refractivity contribution < 1.29 is 9.59 Å². The van der Waals surface area contributed by atoms with E-state index in [1.165, 1.54) is 4.90 Å². The van der Waals surface area contributed by atoms with Gasteiger partial charge in [0, 0.05) is 6.42 Å². The minimum atomic E-state index is -0.528. The fourth-order valence-electron chi connectivity index (χ4n) is 2.19. The zero-order valence-corrected chi connectivity index (χ0v) is 10.8. The Hall–Kier alpha value is -2.28. The van der Waals surface area contributed by atoms with Crippen molar-refractivity contribution in [2.45, 2.75) is 25.4 Å². The maximum atomic E-state index is 12.3. The summed E-state index contributed by atoms with van der Waals surface area (Å²) in [5, 5.41) is 2.75. The fraction of sp³-hybridized carbons (Fsp3) is 0.333. The second-order valence-corrected chi connectivity index (χ2v) is 4.60. The molecule has 1 fully saturated rings. The van der Waals surface area contributed by atoms with Crippen LogP contribution in [0.1, 0.15) is 12.5 Å². The minimum absolute atomic E-state index is 0.117. The molecule has 2 unspecified atom stereocenters. The summed E-state index contributed by atoms with van der Waals surface area (Å²) in [6.07, 6.45) is 5.74. The molecule has 0 saturated carbocycles. The quantitative estimate of drug-likeness (QED) is 0.804. The van der Waals surface area contributed by atoms with Crippen molar-refractivity contribution in [1.82, 2.24) is 10.2 Å². The molecule has 4 nitrogen and oxygen atoms in total. The Balaban J connectivity index is 2.15. The predicted molar refractivity (Wildman–Crippen MR) is 72.1 cm³/mol. The smallest absolute Gasteiger partial charge is 0.246 e. The molecule has 0 aromatic heterocycles. The maximum Gasteiger partial charge on any atom is 0.246 e. The van der Waals surface area contributed by atoms with Crippen molar-refractivity contribution >= 4 is 11.8 Å². The van der Waals surface area contributed by atoms with Gasteiger partial charge in [-0.1, -0.05) is 36.3 Å². The molecular formula is C15H16N2O2. The van der Waals surface area contributed by atoms with Crippen molar-refractivity contribution in [3.8, 4) is 12.3 Å². The largest absolute Gasteiger partial charge is 0.342 e. The highest BCUT2D eigenvalue weighted by Crippen LogP contribution is 2.13. The van der Waals surface area contributed by atoms with Crippen LogP contribution in [0.5, 0.6) is 0 Å². The predicted octanol–water partition coefficient (Wildman–Crippen LogP) is 0.578. The van der Waals surface area contributed by atoms with Crippen LogP contribution in [-0.4, -0.2) is 35.3 Å². The number of amides is 2. The Bertz CT molecular complexity index is 519. The number of benzene rings is 1. The number of nitrogens with zero attached hydrogens (tertiary/aromatic N) is 1. The van der Waals surface area contributed by atoms with Crippen LogP contribution in [0.4, 0.5) is 0 Å². The first kappa shape index (κ1) is 13.2. The number of piperazine rings is 1. The molecule has 98 valence electrons. The van der Waals surface area contributed by atoms with Gasteiger partial charge in [-0.25, -0.2) is 0 Å². The van der Waals surface area contributed by atoms with Gasteiger partial charge in [0.15, 0.2) is 0 Å². The second-order valence-electron chi connectivity index (χ2n) is 4.60. The highest BCUT2D eigenvalue weighted by Gasteiger charge is 2.37. The summed E-state index contributed by atoms with van der Waals surface area (Å²) in [5.41, 5.74) is 1.01. The van der Waals surface area contributed by atoms with Crippen molar-refractivity contribution in [2.75, 3.05) is 6.54 Å². The molecule has 0 bridgehead atoms. The van der Waals surface area contributed by atoms with Crippen molar-refractivity contribution in [1.29, 1.82) is 0 Å². The first-order chi connectivity index (χ1) is 9.13. The molecule has 0 radical (unpaired) electrons.